The third-order valence-electron chi connectivity index (χ3n) is 4.73. The van der Waals surface area contributed by atoms with E-state index in [1.165, 1.54) is 18.0 Å². The Morgan fingerprint density at radius 2 is 2.03 bits per heavy atom. The van der Waals surface area contributed by atoms with E-state index < -0.39 is 30.4 Å². The van der Waals surface area contributed by atoms with Gasteiger partial charge in [0.1, 0.15) is 12.2 Å². The van der Waals surface area contributed by atoms with Gasteiger partial charge in [0.25, 0.3) is 0 Å². The van der Waals surface area contributed by atoms with Gasteiger partial charge in [-0.15, -0.1) is 0 Å². The molecule has 0 spiro atoms. The molecule has 1 amide bonds. The number of rotatable bonds is 5. The molecule has 11 heteroatoms. The fourth-order valence-corrected chi connectivity index (χ4v) is 3.30. The molecule has 5 N–H and O–H groups in total. The van der Waals surface area contributed by atoms with Crippen LogP contribution in [-0.2, 0) is 14.4 Å². The van der Waals surface area contributed by atoms with Crippen molar-refractivity contribution in [3.63, 3.8) is 0 Å². The van der Waals surface area contributed by atoms with Crippen LogP contribution in [0.25, 0.3) is 11.2 Å². The number of carbonyl (C=O) groups excluding carboxylic acids is 1. The minimum atomic E-state index is -1.32. The van der Waals surface area contributed by atoms with Crippen LogP contribution in [0.2, 0.25) is 0 Å². The predicted octanol–water partition coefficient (Wildman–Crippen LogP) is -0.306. The van der Waals surface area contributed by atoms with Crippen molar-refractivity contribution in [2.24, 2.45) is 5.73 Å². The molecule has 1 saturated heterocycles. The molecule has 31 heavy (non-hydrogen) atoms. The number of nitrogens with two attached hydrogens (primary N) is 1. The van der Waals surface area contributed by atoms with Crippen molar-refractivity contribution in [2.45, 2.75) is 31.0 Å². The number of ether oxygens (including phenoxy) is 1. The molecule has 0 saturated carbocycles. The number of hydrogen-bond donors (Lipinski definition) is 4. The van der Waals surface area contributed by atoms with Crippen molar-refractivity contribution in [3.8, 4) is 11.8 Å². The van der Waals surface area contributed by atoms with E-state index in [0.29, 0.717) is 11.2 Å². The summed E-state index contributed by atoms with van der Waals surface area (Å²) in [5, 5.41) is 20.7. The van der Waals surface area contributed by atoms with Crippen molar-refractivity contribution < 1.29 is 24.6 Å². The summed E-state index contributed by atoms with van der Waals surface area (Å²) in [6, 6.07) is 9.33. The molecule has 2 aromatic heterocycles. The number of aliphatic hydroxyl groups is 2. The van der Waals surface area contributed by atoms with Crippen LogP contribution in [0.5, 0.6) is 0 Å². The lowest BCUT2D eigenvalue weighted by Crippen LogP contribution is -2.33. The molecule has 1 fully saturated rings. The topological polar surface area (TPSA) is 158 Å². The van der Waals surface area contributed by atoms with Gasteiger partial charge in [0.05, 0.1) is 26.0 Å². The van der Waals surface area contributed by atoms with Gasteiger partial charge in [0.15, 0.2) is 23.2 Å². The van der Waals surface area contributed by atoms with Crippen LogP contribution in [-0.4, -0.2) is 61.1 Å². The van der Waals surface area contributed by atoms with Gasteiger partial charge in [-0.1, -0.05) is 24.1 Å². The second-order valence-corrected chi connectivity index (χ2v) is 6.86. The van der Waals surface area contributed by atoms with Crippen LogP contribution in [0.3, 0.4) is 0 Å². The van der Waals surface area contributed by atoms with Crippen LogP contribution in [0.4, 0.5) is 5.82 Å². The van der Waals surface area contributed by atoms with Gasteiger partial charge >= 0.3 is 0 Å². The summed E-state index contributed by atoms with van der Waals surface area (Å²) in [6.07, 6.45) is -3.46. The Morgan fingerprint density at radius 3 is 2.74 bits per heavy atom. The number of amides is 1. The molecule has 0 aliphatic carbocycles. The number of imidazole rings is 1. The molecular weight excluding hydrogens is 404 g/mol. The third kappa shape index (κ3) is 4.18. The summed E-state index contributed by atoms with van der Waals surface area (Å²) >= 11 is 0. The van der Waals surface area contributed by atoms with Crippen LogP contribution in [0.1, 0.15) is 24.0 Å². The standard InChI is InChI=1S/C20H20N6O5/c1-30-25-18-15-19(24-14(23-18)8-7-11-5-3-2-4-6-11)26(10-22-15)20-17(29)16(28)12(31-20)9-13(21)27/h2-6,10,12,16-17,20,28-29H,9H2,1H3,(H2,21,27)(H,23,24,25)/t12-,16-,17+,20+/m0/s1. The number of benzene rings is 1. The van der Waals surface area contributed by atoms with E-state index in [9.17, 15) is 15.0 Å². The van der Waals surface area contributed by atoms with E-state index in [1.807, 2.05) is 30.3 Å². The van der Waals surface area contributed by atoms with Gasteiger partial charge in [-0.2, -0.15) is 4.98 Å². The molecule has 3 heterocycles. The van der Waals surface area contributed by atoms with Gasteiger partial charge in [0, 0.05) is 5.56 Å². The molecule has 0 unspecified atom stereocenters. The first-order valence-corrected chi connectivity index (χ1v) is 9.38. The van der Waals surface area contributed by atoms with Gasteiger partial charge in [0.2, 0.25) is 11.7 Å². The first kappa shape index (κ1) is 20.7. The highest BCUT2D eigenvalue weighted by Crippen LogP contribution is 2.33. The summed E-state index contributed by atoms with van der Waals surface area (Å²) in [6.45, 7) is 0. The Balaban J connectivity index is 1.75. The summed E-state index contributed by atoms with van der Waals surface area (Å²) in [7, 11) is 1.43. The average molecular weight is 424 g/mol. The average Bonchev–Trinajstić information content (AvgIpc) is 3.29. The number of nitrogens with one attached hydrogen (secondary N) is 1. The number of fused-ring (bicyclic) bond motifs is 1. The zero-order valence-corrected chi connectivity index (χ0v) is 16.5. The van der Waals surface area contributed by atoms with Gasteiger partial charge in [-0.05, 0) is 18.1 Å². The molecular formula is C20H20N6O5. The molecule has 1 aliphatic rings. The van der Waals surface area contributed by atoms with Crippen molar-refractivity contribution in [1.29, 1.82) is 0 Å². The minimum absolute atomic E-state index is 0.180. The largest absolute Gasteiger partial charge is 0.388 e. The van der Waals surface area contributed by atoms with Gasteiger partial charge in [-0.3, -0.25) is 14.2 Å². The smallest absolute Gasteiger partial charge is 0.220 e. The SMILES string of the molecule is CONc1nc(C#Cc2ccccc2)nc2c1ncn2[C@@H]1O[C@@H](CC(N)=O)[C@H](O)[C@H]1O. The molecule has 1 aliphatic heterocycles. The highest BCUT2D eigenvalue weighted by molar-refractivity contribution is 5.83. The highest BCUT2D eigenvalue weighted by Gasteiger charge is 2.44. The normalized spacial score (nSPS) is 22.8. The van der Waals surface area contributed by atoms with E-state index >= 15 is 0 Å². The maximum absolute atomic E-state index is 11.2. The molecule has 4 atom stereocenters. The minimum Gasteiger partial charge on any atom is -0.388 e. The number of hydrogen-bond acceptors (Lipinski definition) is 9. The van der Waals surface area contributed by atoms with E-state index in [2.05, 4.69) is 32.3 Å². The quantitative estimate of drug-likeness (QED) is 0.319. The van der Waals surface area contributed by atoms with E-state index in [1.54, 1.807) is 0 Å². The first-order valence-electron chi connectivity index (χ1n) is 9.38. The van der Waals surface area contributed by atoms with Crippen molar-refractivity contribution in [1.82, 2.24) is 19.5 Å². The Labute approximate surface area is 176 Å². The molecule has 0 bridgehead atoms. The van der Waals surface area contributed by atoms with Crippen molar-refractivity contribution >= 4 is 22.9 Å². The number of nitrogens with zero attached hydrogens (tertiary/aromatic N) is 4. The Bertz CT molecular complexity index is 1160. The molecule has 160 valence electrons. The Kier molecular flexibility index (Phi) is 5.79. The third-order valence-corrected chi connectivity index (χ3v) is 4.73. The molecule has 4 rings (SSSR count). The number of aliphatic hydroxyl groups excluding tert-OH is 2. The number of aromatic nitrogens is 4. The summed E-state index contributed by atoms with van der Waals surface area (Å²) < 4.78 is 7.14. The van der Waals surface area contributed by atoms with Crippen LogP contribution in [0, 0.1) is 11.8 Å². The van der Waals surface area contributed by atoms with Crippen LogP contribution < -0.4 is 11.2 Å². The Morgan fingerprint density at radius 1 is 1.26 bits per heavy atom. The van der Waals surface area contributed by atoms with E-state index in [4.69, 9.17) is 15.3 Å². The van der Waals surface area contributed by atoms with Gasteiger partial charge in [-0.25, -0.2) is 15.4 Å². The second kappa shape index (κ2) is 8.66. The van der Waals surface area contributed by atoms with Crippen molar-refractivity contribution in [2.75, 3.05) is 12.6 Å². The first-order chi connectivity index (χ1) is 15.0. The summed E-state index contributed by atoms with van der Waals surface area (Å²) in [4.78, 5) is 29.2. The maximum atomic E-state index is 11.2. The number of carbonyl (C=O) groups is 1. The van der Waals surface area contributed by atoms with Crippen LogP contribution >= 0.6 is 0 Å². The monoisotopic (exact) mass is 424 g/mol. The van der Waals surface area contributed by atoms with Crippen molar-refractivity contribution in [3.05, 3.63) is 48.0 Å². The molecule has 3 aromatic rings. The lowest BCUT2D eigenvalue weighted by Gasteiger charge is -2.16. The van der Waals surface area contributed by atoms with Gasteiger partial charge < -0.3 is 20.7 Å². The lowest BCUT2D eigenvalue weighted by atomic mass is 10.1. The fraction of sp³-hybridized carbons (Fsp3) is 0.300. The highest BCUT2D eigenvalue weighted by atomic mass is 16.6. The Hall–Kier alpha value is -3.56. The molecule has 1 aromatic carbocycles. The summed E-state index contributed by atoms with van der Waals surface area (Å²) in [5.74, 6) is 5.66. The zero-order valence-electron chi connectivity index (χ0n) is 16.5. The maximum Gasteiger partial charge on any atom is 0.220 e. The molecule has 0 radical (unpaired) electrons. The lowest BCUT2D eigenvalue weighted by molar-refractivity contribution is -0.122. The zero-order chi connectivity index (χ0) is 22.0. The van der Waals surface area contributed by atoms with E-state index in [0.717, 1.165) is 5.56 Å². The molecule has 11 nitrogen and oxygen atoms in total. The van der Waals surface area contributed by atoms with Crippen LogP contribution in [0.15, 0.2) is 36.7 Å². The number of anilines is 1. The van der Waals surface area contributed by atoms with E-state index in [-0.39, 0.29) is 18.1 Å². The fourth-order valence-electron chi connectivity index (χ4n) is 3.30. The second-order valence-electron chi connectivity index (χ2n) is 6.86. The number of primary amides is 1. The predicted molar refractivity (Wildman–Crippen MR) is 108 cm³/mol. The summed E-state index contributed by atoms with van der Waals surface area (Å²) in [5.41, 5.74) is 9.26.